The van der Waals surface area contributed by atoms with Gasteiger partial charge in [-0.3, -0.25) is 19.7 Å². The van der Waals surface area contributed by atoms with Crippen molar-refractivity contribution in [3.8, 4) is 0 Å². The van der Waals surface area contributed by atoms with E-state index in [1.54, 1.807) is 24.3 Å². The fourth-order valence-electron chi connectivity index (χ4n) is 3.35. The Bertz CT molecular complexity index is 1500. The number of anilines is 1. The molecule has 0 aliphatic carbocycles. The van der Waals surface area contributed by atoms with Gasteiger partial charge in [-0.25, -0.2) is 9.48 Å². The molecular weight excluding hydrogens is 476 g/mol. The summed E-state index contributed by atoms with van der Waals surface area (Å²) in [5, 5.41) is 18.0. The van der Waals surface area contributed by atoms with Gasteiger partial charge in [-0.05, 0) is 17.7 Å². The number of nitrogens with one attached hydrogen (secondary N) is 1. The van der Waals surface area contributed by atoms with Gasteiger partial charge < -0.3 is 10.1 Å². The topological polar surface area (TPSA) is 133 Å². The minimum atomic E-state index is -0.895. The zero-order valence-electron chi connectivity index (χ0n) is 18.0. The summed E-state index contributed by atoms with van der Waals surface area (Å²) in [4.78, 5) is 48.2. The van der Waals surface area contributed by atoms with E-state index in [4.69, 9.17) is 16.3 Å². The second kappa shape index (κ2) is 10.1. The maximum atomic E-state index is 12.9. The van der Waals surface area contributed by atoms with E-state index in [0.29, 0.717) is 5.39 Å². The number of carbonyl (C=O) groups excluding carboxylic acids is 2. The fourth-order valence-corrected chi connectivity index (χ4v) is 3.58. The molecule has 11 heteroatoms. The molecule has 1 heterocycles. The van der Waals surface area contributed by atoms with Crippen LogP contribution in [0.15, 0.2) is 77.6 Å². The van der Waals surface area contributed by atoms with E-state index < -0.39 is 23.4 Å². The average molecular weight is 493 g/mol. The van der Waals surface area contributed by atoms with E-state index in [-0.39, 0.29) is 39.6 Å². The van der Waals surface area contributed by atoms with Crippen LogP contribution in [0.2, 0.25) is 5.02 Å². The largest absolute Gasteiger partial charge is 0.451 e. The molecule has 0 fully saturated rings. The molecule has 3 aromatic carbocycles. The van der Waals surface area contributed by atoms with Crippen LogP contribution >= 0.6 is 11.6 Å². The predicted octanol–water partition coefficient (Wildman–Crippen LogP) is 3.80. The van der Waals surface area contributed by atoms with Gasteiger partial charge in [-0.2, -0.15) is 5.10 Å². The maximum Gasteiger partial charge on any atom is 0.359 e. The van der Waals surface area contributed by atoms with Crippen LogP contribution in [0.4, 0.5) is 11.4 Å². The number of nitrogens with zero attached hydrogens (tertiary/aromatic N) is 3. The number of amides is 1. The molecule has 176 valence electrons. The first-order chi connectivity index (χ1) is 16.8. The molecule has 0 saturated carbocycles. The van der Waals surface area contributed by atoms with Crippen LogP contribution in [0.1, 0.15) is 16.1 Å². The Morgan fingerprint density at radius 3 is 2.40 bits per heavy atom. The van der Waals surface area contributed by atoms with Crippen molar-refractivity contribution < 1.29 is 19.2 Å². The number of nitro benzene ring substituents is 1. The summed E-state index contributed by atoms with van der Waals surface area (Å²) in [5.74, 6) is -1.61. The van der Waals surface area contributed by atoms with E-state index in [9.17, 15) is 24.5 Å². The summed E-state index contributed by atoms with van der Waals surface area (Å²) in [6.07, 6.45) is 0. The molecule has 0 radical (unpaired) electrons. The first-order valence-electron chi connectivity index (χ1n) is 10.3. The molecule has 0 aliphatic rings. The molecule has 35 heavy (non-hydrogen) atoms. The molecule has 0 spiro atoms. The maximum absolute atomic E-state index is 12.9. The summed E-state index contributed by atoms with van der Waals surface area (Å²) in [6, 6.07) is 19.2. The first kappa shape index (κ1) is 23.6. The van der Waals surface area contributed by atoms with Gasteiger partial charge in [-0.1, -0.05) is 60.1 Å². The molecule has 0 unspecified atom stereocenters. The Kier molecular flexibility index (Phi) is 6.83. The van der Waals surface area contributed by atoms with Crippen LogP contribution in [0.5, 0.6) is 0 Å². The summed E-state index contributed by atoms with van der Waals surface area (Å²) < 4.78 is 6.31. The Morgan fingerprint density at radius 1 is 1.03 bits per heavy atom. The van der Waals surface area contributed by atoms with Crippen LogP contribution < -0.4 is 10.9 Å². The predicted molar refractivity (Wildman–Crippen MR) is 129 cm³/mol. The molecule has 0 saturated heterocycles. The van der Waals surface area contributed by atoms with Crippen LogP contribution in [0, 0.1) is 10.1 Å². The monoisotopic (exact) mass is 492 g/mol. The Morgan fingerprint density at radius 2 is 1.71 bits per heavy atom. The number of hydrogen-bond acceptors (Lipinski definition) is 7. The van der Waals surface area contributed by atoms with Gasteiger partial charge in [-0.15, -0.1) is 0 Å². The van der Waals surface area contributed by atoms with Crippen molar-refractivity contribution in [3.05, 3.63) is 110 Å². The Balaban J connectivity index is 1.53. The van der Waals surface area contributed by atoms with E-state index in [0.717, 1.165) is 11.6 Å². The van der Waals surface area contributed by atoms with Crippen molar-refractivity contribution in [3.63, 3.8) is 0 Å². The van der Waals surface area contributed by atoms with E-state index in [2.05, 4.69) is 10.4 Å². The van der Waals surface area contributed by atoms with Crippen molar-refractivity contribution in [1.82, 2.24) is 9.78 Å². The third-order valence-electron chi connectivity index (χ3n) is 5.01. The molecule has 10 nitrogen and oxygen atoms in total. The van der Waals surface area contributed by atoms with Crippen molar-refractivity contribution >= 4 is 45.6 Å². The smallest absolute Gasteiger partial charge is 0.359 e. The van der Waals surface area contributed by atoms with Crippen molar-refractivity contribution in [2.45, 2.75) is 6.54 Å². The van der Waals surface area contributed by atoms with Gasteiger partial charge in [0, 0.05) is 17.5 Å². The minimum absolute atomic E-state index is 0.0421. The number of carbonyl (C=O) groups is 2. The number of aromatic nitrogens is 2. The Labute approximate surface area is 202 Å². The molecule has 0 atom stereocenters. The van der Waals surface area contributed by atoms with E-state index in [1.807, 2.05) is 30.3 Å². The highest BCUT2D eigenvalue weighted by Crippen LogP contribution is 2.26. The summed E-state index contributed by atoms with van der Waals surface area (Å²) in [6.45, 7) is -0.524. The number of halogens is 1. The molecule has 4 aromatic rings. The number of benzene rings is 3. The second-order valence-corrected chi connectivity index (χ2v) is 7.80. The minimum Gasteiger partial charge on any atom is -0.451 e. The zero-order valence-corrected chi connectivity index (χ0v) is 18.8. The van der Waals surface area contributed by atoms with Gasteiger partial charge in [0.05, 0.1) is 27.6 Å². The summed E-state index contributed by atoms with van der Waals surface area (Å²) in [7, 11) is 0. The lowest BCUT2D eigenvalue weighted by atomic mass is 10.1. The zero-order chi connectivity index (χ0) is 24.9. The highest BCUT2D eigenvalue weighted by molar-refractivity contribution is 6.34. The lowest BCUT2D eigenvalue weighted by Crippen LogP contribution is -2.28. The molecule has 4 rings (SSSR count). The lowest BCUT2D eigenvalue weighted by Gasteiger charge is -2.11. The van der Waals surface area contributed by atoms with Crippen molar-refractivity contribution in [2.75, 3.05) is 11.9 Å². The first-order valence-corrected chi connectivity index (χ1v) is 10.7. The average Bonchev–Trinajstić information content (AvgIpc) is 2.86. The summed E-state index contributed by atoms with van der Waals surface area (Å²) >= 11 is 5.97. The van der Waals surface area contributed by atoms with Gasteiger partial charge in [0.25, 0.3) is 17.2 Å². The number of fused-ring (bicyclic) bond motifs is 1. The highest BCUT2D eigenvalue weighted by atomic mass is 35.5. The normalized spacial score (nSPS) is 10.7. The third-order valence-corrected chi connectivity index (χ3v) is 5.32. The van der Waals surface area contributed by atoms with Crippen LogP contribution in [-0.4, -0.2) is 33.2 Å². The van der Waals surface area contributed by atoms with Gasteiger partial charge in [0.1, 0.15) is 0 Å². The summed E-state index contributed by atoms with van der Waals surface area (Å²) in [5.41, 5.74) is 0.223. The number of rotatable bonds is 7. The lowest BCUT2D eigenvalue weighted by molar-refractivity contribution is -0.384. The molecular formula is C24H17ClN4O6. The van der Waals surface area contributed by atoms with Crippen LogP contribution in [0.3, 0.4) is 0 Å². The highest BCUT2D eigenvalue weighted by Gasteiger charge is 2.20. The van der Waals surface area contributed by atoms with Crippen LogP contribution in [0.25, 0.3) is 10.8 Å². The standard InChI is InChI=1S/C24H17ClN4O6/c25-19-12-16(29(33)34)10-11-20(19)26-21(30)14-35-24(32)22-17-8-4-5-9-18(17)23(31)28(27-22)13-15-6-2-1-3-7-15/h1-12H,13-14H2,(H,26,30). The van der Waals surface area contributed by atoms with Crippen molar-refractivity contribution in [2.24, 2.45) is 0 Å². The molecule has 1 aromatic heterocycles. The quantitative estimate of drug-likeness (QED) is 0.235. The molecule has 1 N–H and O–H groups in total. The third kappa shape index (κ3) is 5.33. The van der Waals surface area contributed by atoms with Crippen LogP contribution in [-0.2, 0) is 16.1 Å². The van der Waals surface area contributed by atoms with Gasteiger partial charge in [0.15, 0.2) is 12.3 Å². The van der Waals surface area contributed by atoms with E-state index >= 15 is 0 Å². The number of non-ortho nitro benzene ring substituents is 1. The second-order valence-electron chi connectivity index (χ2n) is 7.39. The van der Waals surface area contributed by atoms with E-state index in [1.165, 1.54) is 16.8 Å². The van der Waals surface area contributed by atoms with Gasteiger partial charge >= 0.3 is 5.97 Å². The SMILES string of the molecule is O=C(COC(=O)c1nn(Cc2ccccc2)c(=O)c2ccccc12)Nc1ccc([N+](=O)[O-])cc1Cl. The number of nitro groups is 1. The molecule has 1 amide bonds. The number of ether oxygens (including phenoxy) is 1. The fraction of sp³-hybridized carbons (Fsp3) is 0.0833. The molecule has 0 aliphatic heterocycles. The molecule has 0 bridgehead atoms. The Hall–Kier alpha value is -4.57. The number of esters is 1. The van der Waals surface area contributed by atoms with Gasteiger partial charge in [0.2, 0.25) is 0 Å². The van der Waals surface area contributed by atoms with Crippen molar-refractivity contribution in [1.29, 1.82) is 0 Å². The number of hydrogen-bond donors (Lipinski definition) is 1.